The van der Waals surface area contributed by atoms with Crippen LogP contribution in [0.25, 0.3) is 0 Å². The Hall–Kier alpha value is -3.42. The zero-order chi connectivity index (χ0) is 23.4. The third-order valence-electron chi connectivity index (χ3n) is 5.85. The van der Waals surface area contributed by atoms with Crippen LogP contribution in [-0.2, 0) is 9.59 Å². The van der Waals surface area contributed by atoms with Crippen molar-refractivity contribution in [3.05, 3.63) is 48.0 Å². The quantitative estimate of drug-likeness (QED) is 0.699. The van der Waals surface area contributed by atoms with Crippen molar-refractivity contribution in [1.29, 1.82) is 0 Å². The molecule has 0 unspecified atom stereocenters. The van der Waals surface area contributed by atoms with Gasteiger partial charge in [-0.3, -0.25) is 9.59 Å². The van der Waals surface area contributed by atoms with Crippen LogP contribution in [0, 0.1) is 5.92 Å². The van der Waals surface area contributed by atoms with E-state index in [1.54, 1.807) is 7.05 Å². The molecule has 8 heteroatoms. The van der Waals surface area contributed by atoms with E-state index in [2.05, 4.69) is 24.5 Å². The average Bonchev–Trinajstić information content (AvgIpc) is 3.06. The van der Waals surface area contributed by atoms with Crippen LogP contribution in [0.5, 0.6) is 17.2 Å². The van der Waals surface area contributed by atoms with Gasteiger partial charge in [-0.15, -0.1) is 0 Å². The molecule has 33 heavy (non-hydrogen) atoms. The Morgan fingerprint density at radius 2 is 1.82 bits per heavy atom. The highest BCUT2D eigenvalue weighted by Gasteiger charge is 2.31. The smallest absolute Gasteiger partial charge is 0.262 e. The van der Waals surface area contributed by atoms with Crippen molar-refractivity contribution in [3.63, 3.8) is 0 Å². The Kier molecular flexibility index (Phi) is 6.91. The summed E-state index contributed by atoms with van der Waals surface area (Å²) < 4.78 is 17.4. The largest absolute Gasteiger partial charge is 0.490 e. The van der Waals surface area contributed by atoms with Crippen LogP contribution in [0.1, 0.15) is 31.9 Å². The van der Waals surface area contributed by atoms with Gasteiger partial charge in [-0.25, -0.2) is 0 Å². The summed E-state index contributed by atoms with van der Waals surface area (Å²) in [5.41, 5.74) is 1.76. The van der Waals surface area contributed by atoms with Crippen LogP contribution < -0.4 is 29.7 Å². The maximum atomic E-state index is 13.1. The lowest BCUT2D eigenvalue weighted by Gasteiger charge is -2.35. The van der Waals surface area contributed by atoms with Crippen molar-refractivity contribution in [2.75, 3.05) is 38.3 Å². The lowest BCUT2D eigenvalue weighted by atomic mass is 9.95. The minimum Gasteiger partial charge on any atom is -0.490 e. The molecular weight excluding hydrogens is 422 g/mol. The molecule has 2 aliphatic rings. The molecule has 0 radical (unpaired) electrons. The summed E-state index contributed by atoms with van der Waals surface area (Å²) in [7, 11) is 1.58. The summed E-state index contributed by atoms with van der Waals surface area (Å²) in [4.78, 5) is 27.3. The van der Waals surface area contributed by atoms with Crippen LogP contribution in [0.15, 0.2) is 42.5 Å². The van der Waals surface area contributed by atoms with Crippen LogP contribution in [0.3, 0.4) is 0 Å². The molecule has 0 spiro atoms. The molecule has 8 nitrogen and oxygen atoms in total. The number of nitrogens with zero attached hydrogens (tertiary/aromatic N) is 1. The molecule has 2 heterocycles. The topological polar surface area (TPSA) is 89.1 Å². The van der Waals surface area contributed by atoms with Gasteiger partial charge in [0.1, 0.15) is 5.75 Å². The second-order valence-corrected chi connectivity index (χ2v) is 8.61. The summed E-state index contributed by atoms with van der Waals surface area (Å²) in [6.45, 7) is 5.79. The lowest BCUT2D eigenvalue weighted by molar-refractivity contribution is -0.128. The molecule has 176 valence electrons. The fraction of sp³-hybridized carbons (Fsp3) is 0.440. The number of carbonyl (C=O) groups is 2. The van der Waals surface area contributed by atoms with E-state index in [9.17, 15) is 9.59 Å². The van der Waals surface area contributed by atoms with E-state index >= 15 is 0 Å². The first-order valence-electron chi connectivity index (χ1n) is 11.4. The standard InChI is InChI=1S/C25H31N3O5/c1-16(2)24(17-9-10-20-21(13-17)32-12-6-11-31-20)27-23(29)15-28-14-22(25(30)26-3)33-19-8-5-4-7-18(19)28/h4-5,7-10,13,16,22,24H,6,11-12,14-15H2,1-3H3,(H,26,30)(H,27,29)/t22-,24-/m1/s1. The fourth-order valence-electron chi connectivity index (χ4n) is 4.15. The molecule has 4 rings (SSSR count). The van der Waals surface area contributed by atoms with Gasteiger partial charge in [0, 0.05) is 13.5 Å². The summed E-state index contributed by atoms with van der Waals surface area (Å²) in [5, 5.41) is 5.80. The van der Waals surface area contributed by atoms with Gasteiger partial charge in [0.05, 0.1) is 38.0 Å². The molecule has 2 amide bonds. The first-order valence-corrected chi connectivity index (χ1v) is 11.4. The molecule has 0 bridgehead atoms. The van der Waals surface area contributed by atoms with Gasteiger partial charge in [0.25, 0.3) is 5.91 Å². The molecule has 0 fully saturated rings. The Labute approximate surface area is 194 Å². The molecule has 2 aromatic rings. The molecule has 2 N–H and O–H groups in total. The zero-order valence-corrected chi connectivity index (χ0v) is 19.3. The van der Waals surface area contributed by atoms with Crippen LogP contribution >= 0.6 is 0 Å². The number of likely N-dealkylation sites (N-methyl/N-ethyl adjacent to an activating group) is 1. The Balaban J connectivity index is 1.50. The molecule has 0 aliphatic carbocycles. The number of carbonyl (C=O) groups excluding carboxylic acids is 2. The van der Waals surface area contributed by atoms with Crippen molar-refractivity contribution in [2.24, 2.45) is 5.92 Å². The van der Waals surface area contributed by atoms with E-state index < -0.39 is 6.10 Å². The highest BCUT2D eigenvalue weighted by Crippen LogP contribution is 2.35. The third-order valence-corrected chi connectivity index (χ3v) is 5.85. The van der Waals surface area contributed by atoms with Gasteiger partial charge in [-0.2, -0.15) is 0 Å². The maximum absolute atomic E-state index is 13.1. The molecule has 2 atom stereocenters. The average molecular weight is 454 g/mol. The number of anilines is 1. The summed E-state index contributed by atoms with van der Waals surface area (Å²) in [6, 6.07) is 13.1. The highest BCUT2D eigenvalue weighted by atomic mass is 16.5. The normalized spacial score (nSPS) is 17.9. The first-order chi connectivity index (χ1) is 16.0. The first kappa shape index (κ1) is 22.8. The predicted molar refractivity (Wildman–Crippen MR) is 125 cm³/mol. The van der Waals surface area contributed by atoms with Crippen LogP contribution in [0.2, 0.25) is 0 Å². The summed E-state index contributed by atoms with van der Waals surface area (Å²) in [6.07, 6.45) is 0.159. The van der Waals surface area contributed by atoms with E-state index in [1.807, 2.05) is 47.4 Å². The Morgan fingerprint density at radius 1 is 1.06 bits per heavy atom. The van der Waals surface area contributed by atoms with Crippen molar-refractivity contribution < 1.29 is 23.8 Å². The molecule has 0 aromatic heterocycles. The van der Waals surface area contributed by atoms with Gasteiger partial charge >= 0.3 is 0 Å². The Bertz CT molecular complexity index is 1010. The fourth-order valence-corrected chi connectivity index (χ4v) is 4.15. The van der Waals surface area contributed by atoms with Gasteiger partial charge in [0.2, 0.25) is 5.91 Å². The minimum absolute atomic E-state index is 0.113. The van der Waals surface area contributed by atoms with Gasteiger partial charge in [-0.05, 0) is 35.7 Å². The number of hydrogen-bond acceptors (Lipinski definition) is 6. The Morgan fingerprint density at radius 3 is 2.58 bits per heavy atom. The van der Waals surface area contributed by atoms with Gasteiger partial charge < -0.3 is 29.7 Å². The number of amides is 2. The minimum atomic E-state index is -0.680. The van der Waals surface area contributed by atoms with Crippen molar-refractivity contribution >= 4 is 17.5 Å². The van der Waals surface area contributed by atoms with E-state index in [1.165, 1.54) is 0 Å². The molecular formula is C25H31N3O5. The van der Waals surface area contributed by atoms with Crippen LogP contribution in [-0.4, -0.2) is 51.3 Å². The number of hydrogen-bond donors (Lipinski definition) is 2. The predicted octanol–water partition coefficient (Wildman–Crippen LogP) is 2.67. The number of fused-ring (bicyclic) bond motifs is 2. The lowest BCUT2D eigenvalue weighted by Crippen LogP contribution is -2.51. The van der Waals surface area contributed by atoms with Gasteiger partial charge in [-0.1, -0.05) is 32.0 Å². The zero-order valence-electron chi connectivity index (χ0n) is 19.3. The number of para-hydroxylation sites is 2. The number of nitrogens with one attached hydrogen (secondary N) is 2. The molecule has 0 saturated heterocycles. The summed E-state index contributed by atoms with van der Waals surface area (Å²) >= 11 is 0. The maximum Gasteiger partial charge on any atom is 0.262 e. The highest BCUT2D eigenvalue weighted by molar-refractivity contribution is 5.86. The number of rotatable bonds is 6. The third kappa shape index (κ3) is 5.16. The second kappa shape index (κ2) is 10.0. The summed E-state index contributed by atoms with van der Waals surface area (Å²) in [5.74, 6) is 1.84. The van der Waals surface area contributed by atoms with E-state index in [4.69, 9.17) is 14.2 Å². The molecule has 2 aromatic carbocycles. The van der Waals surface area contributed by atoms with E-state index in [0.29, 0.717) is 31.3 Å². The SMILES string of the molecule is CNC(=O)[C@H]1CN(CC(=O)N[C@@H](c2ccc3c(c2)OCCCO3)C(C)C)c2ccccc2O1. The molecule has 2 aliphatic heterocycles. The number of ether oxygens (including phenoxy) is 3. The van der Waals surface area contributed by atoms with E-state index in [0.717, 1.165) is 23.4 Å². The van der Waals surface area contributed by atoms with Crippen molar-refractivity contribution in [1.82, 2.24) is 10.6 Å². The molecule has 0 saturated carbocycles. The van der Waals surface area contributed by atoms with Gasteiger partial charge in [0.15, 0.2) is 17.6 Å². The van der Waals surface area contributed by atoms with E-state index in [-0.39, 0.29) is 30.3 Å². The van der Waals surface area contributed by atoms with Crippen molar-refractivity contribution in [2.45, 2.75) is 32.4 Å². The van der Waals surface area contributed by atoms with Crippen molar-refractivity contribution in [3.8, 4) is 17.2 Å². The monoisotopic (exact) mass is 453 g/mol. The second-order valence-electron chi connectivity index (χ2n) is 8.61. The number of benzene rings is 2. The van der Waals surface area contributed by atoms with Crippen LogP contribution in [0.4, 0.5) is 5.69 Å².